The fourth-order valence-electron chi connectivity index (χ4n) is 2.05. The van der Waals surface area contributed by atoms with Crippen molar-refractivity contribution in [3.05, 3.63) is 59.5 Å². The number of carbonyl (C=O) groups excluding carboxylic acids is 1. The van der Waals surface area contributed by atoms with Gasteiger partial charge in [0.05, 0.1) is 6.26 Å². The first kappa shape index (κ1) is 14.4. The van der Waals surface area contributed by atoms with Crippen LogP contribution in [0.2, 0.25) is 0 Å². The van der Waals surface area contributed by atoms with Crippen molar-refractivity contribution in [2.24, 2.45) is 0 Å². The average Bonchev–Trinajstić information content (AvgIpc) is 2.88. The number of carbonyl (C=O) groups is 1. The second-order valence-corrected chi connectivity index (χ2v) is 5.88. The lowest BCUT2D eigenvalue weighted by atomic mass is 9.86. The zero-order chi connectivity index (χ0) is 14.8. The minimum absolute atomic E-state index is 0.0974. The monoisotopic (exact) mass is 272 g/mol. The van der Waals surface area contributed by atoms with Crippen LogP contribution in [0.25, 0.3) is 0 Å². The van der Waals surface area contributed by atoms with Crippen LogP contribution >= 0.6 is 0 Å². The molecule has 0 radical (unpaired) electrons. The topological polar surface area (TPSA) is 39.4 Å². The van der Waals surface area contributed by atoms with E-state index in [0.717, 1.165) is 5.56 Å². The summed E-state index contributed by atoms with van der Waals surface area (Å²) in [6.45, 7) is 7.90. The van der Waals surface area contributed by atoms with Gasteiger partial charge in [-0.15, -0.1) is 0 Å². The van der Waals surface area contributed by atoms with Crippen molar-refractivity contribution in [2.45, 2.75) is 39.2 Å². The van der Waals surface area contributed by atoms with E-state index < -0.39 is 6.10 Å². The first-order chi connectivity index (χ1) is 9.38. The summed E-state index contributed by atoms with van der Waals surface area (Å²) < 4.78 is 10.7. The lowest BCUT2D eigenvalue weighted by Crippen LogP contribution is -2.12. The smallest absolute Gasteiger partial charge is 0.303 e. The summed E-state index contributed by atoms with van der Waals surface area (Å²) in [6.07, 6.45) is 1.09. The first-order valence-corrected chi connectivity index (χ1v) is 6.69. The summed E-state index contributed by atoms with van der Waals surface area (Å²) in [4.78, 5) is 11.3. The highest BCUT2D eigenvalue weighted by molar-refractivity contribution is 5.66. The molecule has 1 heterocycles. The van der Waals surface area contributed by atoms with Gasteiger partial charge < -0.3 is 9.15 Å². The van der Waals surface area contributed by atoms with Gasteiger partial charge in [0.2, 0.25) is 0 Å². The van der Waals surface area contributed by atoms with Gasteiger partial charge in [-0.05, 0) is 23.1 Å². The van der Waals surface area contributed by atoms with Crippen LogP contribution in [-0.2, 0) is 14.9 Å². The van der Waals surface area contributed by atoms with Gasteiger partial charge in [-0.3, -0.25) is 4.79 Å². The average molecular weight is 272 g/mol. The molecule has 1 atom stereocenters. The van der Waals surface area contributed by atoms with E-state index in [2.05, 4.69) is 32.9 Å². The van der Waals surface area contributed by atoms with E-state index >= 15 is 0 Å². The van der Waals surface area contributed by atoms with Gasteiger partial charge in [-0.1, -0.05) is 45.0 Å². The summed E-state index contributed by atoms with van der Waals surface area (Å²) in [5.41, 5.74) is 2.24. The lowest BCUT2D eigenvalue weighted by Gasteiger charge is -2.21. The molecule has 3 nitrogen and oxygen atoms in total. The van der Waals surface area contributed by atoms with Crippen LogP contribution in [0.5, 0.6) is 0 Å². The number of hydrogen-bond donors (Lipinski definition) is 0. The zero-order valence-corrected chi connectivity index (χ0v) is 12.3. The van der Waals surface area contributed by atoms with Crippen molar-refractivity contribution in [2.75, 3.05) is 0 Å². The number of esters is 1. The molecule has 0 unspecified atom stereocenters. The quantitative estimate of drug-likeness (QED) is 0.785. The molecule has 0 aliphatic heterocycles. The third-order valence-corrected chi connectivity index (χ3v) is 3.16. The summed E-state index contributed by atoms with van der Waals surface area (Å²) in [7, 11) is 0. The number of benzene rings is 1. The molecule has 106 valence electrons. The third kappa shape index (κ3) is 3.29. The molecular formula is C17H20O3. The fourth-order valence-corrected chi connectivity index (χ4v) is 2.05. The fraction of sp³-hybridized carbons (Fsp3) is 0.353. The molecule has 3 heteroatoms. The van der Waals surface area contributed by atoms with E-state index in [4.69, 9.17) is 9.15 Å². The van der Waals surface area contributed by atoms with Crippen LogP contribution in [0.15, 0.2) is 47.1 Å². The Hall–Kier alpha value is -2.03. The van der Waals surface area contributed by atoms with Gasteiger partial charge in [-0.25, -0.2) is 0 Å². The van der Waals surface area contributed by atoms with Gasteiger partial charge in [0.25, 0.3) is 0 Å². The maximum atomic E-state index is 11.3. The molecule has 20 heavy (non-hydrogen) atoms. The maximum absolute atomic E-state index is 11.3. The van der Waals surface area contributed by atoms with Crippen LogP contribution in [0.3, 0.4) is 0 Å². The Morgan fingerprint density at radius 2 is 1.80 bits per heavy atom. The first-order valence-electron chi connectivity index (χ1n) is 6.69. The van der Waals surface area contributed by atoms with Gasteiger partial charge in [-0.2, -0.15) is 0 Å². The predicted molar refractivity (Wildman–Crippen MR) is 77.5 cm³/mol. The van der Waals surface area contributed by atoms with Crippen molar-refractivity contribution >= 4 is 5.97 Å². The van der Waals surface area contributed by atoms with Crippen LogP contribution in [-0.4, -0.2) is 5.97 Å². The second kappa shape index (κ2) is 5.53. The molecule has 0 amide bonds. The maximum Gasteiger partial charge on any atom is 0.303 e. The Morgan fingerprint density at radius 1 is 1.15 bits per heavy atom. The molecule has 0 aliphatic rings. The largest absolute Gasteiger partial charge is 0.465 e. The Balaban J connectivity index is 2.32. The van der Waals surface area contributed by atoms with Crippen molar-refractivity contribution in [3.63, 3.8) is 0 Å². The van der Waals surface area contributed by atoms with Gasteiger partial charge in [0.1, 0.15) is 5.76 Å². The number of hydrogen-bond acceptors (Lipinski definition) is 3. The van der Waals surface area contributed by atoms with E-state index in [-0.39, 0.29) is 11.4 Å². The second-order valence-electron chi connectivity index (χ2n) is 5.88. The van der Waals surface area contributed by atoms with Gasteiger partial charge in [0.15, 0.2) is 6.10 Å². The molecule has 1 aromatic carbocycles. The number of furan rings is 1. The highest BCUT2D eigenvalue weighted by Crippen LogP contribution is 2.29. The molecule has 2 rings (SSSR count). The molecule has 0 saturated carbocycles. The van der Waals surface area contributed by atoms with E-state index in [1.54, 1.807) is 12.3 Å². The SMILES string of the molecule is CC(=O)O[C@@H](c1ccc(C(C)(C)C)cc1)c1ccco1. The van der Waals surface area contributed by atoms with Gasteiger partial charge in [0, 0.05) is 12.5 Å². The molecule has 1 aromatic heterocycles. The molecule has 0 fully saturated rings. The van der Waals surface area contributed by atoms with Crippen molar-refractivity contribution in [1.82, 2.24) is 0 Å². The van der Waals surface area contributed by atoms with Crippen LogP contribution in [0, 0.1) is 0 Å². The Bertz CT molecular complexity index is 559. The summed E-state index contributed by atoms with van der Waals surface area (Å²) in [6, 6.07) is 11.7. The Kier molecular flexibility index (Phi) is 3.98. The van der Waals surface area contributed by atoms with Crippen molar-refractivity contribution in [1.29, 1.82) is 0 Å². The summed E-state index contributed by atoms with van der Waals surface area (Å²) in [5.74, 6) is 0.301. The molecule has 0 N–H and O–H groups in total. The Labute approximate surface area is 119 Å². The molecule has 2 aromatic rings. The van der Waals surface area contributed by atoms with E-state index in [9.17, 15) is 4.79 Å². The lowest BCUT2D eigenvalue weighted by molar-refractivity contribution is -0.145. The summed E-state index contributed by atoms with van der Waals surface area (Å²) >= 11 is 0. The molecular weight excluding hydrogens is 252 g/mol. The minimum atomic E-state index is -0.489. The van der Waals surface area contributed by atoms with Crippen LogP contribution in [0.4, 0.5) is 0 Å². The molecule has 0 saturated heterocycles. The minimum Gasteiger partial charge on any atom is -0.465 e. The van der Waals surface area contributed by atoms with Crippen molar-refractivity contribution in [3.8, 4) is 0 Å². The predicted octanol–water partition coefficient (Wildman–Crippen LogP) is 4.23. The van der Waals surface area contributed by atoms with Gasteiger partial charge >= 0.3 is 5.97 Å². The zero-order valence-electron chi connectivity index (χ0n) is 12.3. The molecule has 0 aliphatic carbocycles. The standard InChI is InChI=1S/C17H20O3/c1-12(18)20-16(15-6-5-11-19-15)13-7-9-14(10-8-13)17(2,3)4/h5-11,16H,1-4H3/t16-/m0/s1. The van der Waals surface area contributed by atoms with E-state index in [1.807, 2.05) is 18.2 Å². The number of rotatable bonds is 3. The highest BCUT2D eigenvalue weighted by Gasteiger charge is 2.21. The summed E-state index contributed by atoms with van der Waals surface area (Å²) in [5, 5.41) is 0. The molecule has 0 spiro atoms. The van der Waals surface area contributed by atoms with E-state index in [0.29, 0.717) is 5.76 Å². The normalized spacial score (nSPS) is 13.0. The highest BCUT2D eigenvalue weighted by atomic mass is 16.5. The van der Waals surface area contributed by atoms with Crippen LogP contribution in [0.1, 0.15) is 50.7 Å². The van der Waals surface area contributed by atoms with E-state index in [1.165, 1.54) is 12.5 Å². The molecule has 0 bridgehead atoms. The Morgan fingerprint density at radius 3 is 2.25 bits per heavy atom. The third-order valence-electron chi connectivity index (χ3n) is 3.16. The van der Waals surface area contributed by atoms with Crippen LogP contribution < -0.4 is 0 Å². The number of ether oxygens (including phenoxy) is 1. The van der Waals surface area contributed by atoms with Crippen molar-refractivity contribution < 1.29 is 13.9 Å².